The van der Waals surface area contributed by atoms with E-state index in [0.29, 0.717) is 13.0 Å². The Morgan fingerprint density at radius 1 is 1.47 bits per heavy atom. The Morgan fingerprint density at radius 3 is 2.95 bits per heavy atom. The van der Waals surface area contributed by atoms with Crippen molar-refractivity contribution < 1.29 is 14.7 Å². The van der Waals surface area contributed by atoms with Crippen LogP contribution in [-0.2, 0) is 9.59 Å². The molecule has 2 unspecified atom stereocenters. The van der Waals surface area contributed by atoms with Crippen LogP contribution in [0, 0.1) is 0 Å². The second-order valence-corrected chi connectivity index (χ2v) is 4.86. The van der Waals surface area contributed by atoms with Crippen LogP contribution in [0.3, 0.4) is 0 Å². The molecule has 1 aromatic rings. The molecule has 2 atom stereocenters. The van der Waals surface area contributed by atoms with Crippen LogP contribution in [0.5, 0.6) is 0 Å². The number of carboxylic acid groups (broad SMARTS) is 1. The molecule has 3 N–H and O–H groups in total. The molecule has 0 fully saturated rings. The monoisotopic (exact) mass is 262 g/mol. The second-order valence-electron chi connectivity index (χ2n) is 4.86. The summed E-state index contributed by atoms with van der Waals surface area (Å²) in [5.41, 5.74) is 2.01. The first-order chi connectivity index (χ1) is 9.08. The molecule has 1 heterocycles. The molecule has 102 valence electrons. The summed E-state index contributed by atoms with van der Waals surface area (Å²) in [7, 11) is 0. The third-order valence-electron chi connectivity index (χ3n) is 3.33. The van der Waals surface area contributed by atoms with Gasteiger partial charge in [0.15, 0.2) is 0 Å². The highest BCUT2D eigenvalue weighted by Gasteiger charge is 2.28. The lowest BCUT2D eigenvalue weighted by Crippen LogP contribution is -2.37. The van der Waals surface area contributed by atoms with Gasteiger partial charge in [-0.15, -0.1) is 0 Å². The first kappa shape index (κ1) is 13.4. The van der Waals surface area contributed by atoms with Crippen molar-refractivity contribution in [2.24, 2.45) is 0 Å². The highest BCUT2D eigenvalue weighted by molar-refractivity contribution is 5.88. The number of para-hydroxylation sites is 1. The Kier molecular flexibility index (Phi) is 4.04. The number of amides is 1. The van der Waals surface area contributed by atoms with Gasteiger partial charge in [0, 0.05) is 24.7 Å². The van der Waals surface area contributed by atoms with Crippen molar-refractivity contribution in [1.82, 2.24) is 5.32 Å². The summed E-state index contributed by atoms with van der Waals surface area (Å²) in [4.78, 5) is 22.7. The minimum atomic E-state index is -0.839. The van der Waals surface area contributed by atoms with E-state index in [1.807, 2.05) is 31.2 Å². The highest BCUT2D eigenvalue weighted by Crippen LogP contribution is 2.31. The predicted molar refractivity (Wildman–Crippen MR) is 72.1 cm³/mol. The number of benzene rings is 1. The van der Waals surface area contributed by atoms with Crippen molar-refractivity contribution in [3.05, 3.63) is 29.8 Å². The first-order valence-electron chi connectivity index (χ1n) is 6.43. The van der Waals surface area contributed by atoms with Gasteiger partial charge in [0.25, 0.3) is 0 Å². The van der Waals surface area contributed by atoms with Gasteiger partial charge in [0.2, 0.25) is 5.91 Å². The number of hydrogen-bond acceptors (Lipinski definition) is 3. The van der Waals surface area contributed by atoms with Crippen LogP contribution in [0.2, 0.25) is 0 Å². The zero-order valence-electron chi connectivity index (χ0n) is 10.8. The Hall–Kier alpha value is -2.04. The second kappa shape index (κ2) is 5.73. The van der Waals surface area contributed by atoms with E-state index in [0.717, 1.165) is 11.3 Å². The largest absolute Gasteiger partial charge is 0.481 e. The van der Waals surface area contributed by atoms with Gasteiger partial charge >= 0.3 is 5.97 Å². The fourth-order valence-electron chi connectivity index (χ4n) is 2.27. The van der Waals surface area contributed by atoms with E-state index < -0.39 is 5.97 Å². The zero-order valence-corrected chi connectivity index (χ0v) is 10.8. The van der Waals surface area contributed by atoms with E-state index in [1.165, 1.54) is 0 Å². The molecule has 5 nitrogen and oxygen atoms in total. The van der Waals surface area contributed by atoms with Gasteiger partial charge in [0.1, 0.15) is 0 Å². The maximum Gasteiger partial charge on any atom is 0.303 e. The molecule has 1 amide bonds. The smallest absolute Gasteiger partial charge is 0.303 e. The number of aliphatic carboxylic acids is 1. The molecule has 1 aliphatic rings. The standard InChI is InChI=1S/C14H18N2O3/c1-9(6-7-13(17)18)16-14(19)11-8-15-12-5-3-2-4-10(11)12/h2-5,9,11,15H,6-8H2,1H3,(H,16,19)(H,17,18). The van der Waals surface area contributed by atoms with Gasteiger partial charge in [-0.1, -0.05) is 18.2 Å². The van der Waals surface area contributed by atoms with Crippen LogP contribution >= 0.6 is 0 Å². The molecule has 5 heteroatoms. The van der Waals surface area contributed by atoms with Crippen LogP contribution in [0.15, 0.2) is 24.3 Å². The summed E-state index contributed by atoms with van der Waals surface area (Å²) in [5, 5.41) is 14.7. The number of rotatable bonds is 5. The fraction of sp³-hybridized carbons (Fsp3) is 0.429. The molecular formula is C14H18N2O3. The molecular weight excluding hydrogens is 244 g/mol. The summed E-state index contributed by atoms with van der Waals surface area (Å²) in [6.45, 7) is 2.42. The minimum absolute atomic E-state index is 0.0460. The molecule has 2 rings (SSSR count). The first-order valence-corrected chi connectivity index (χ1v) is 6.43. The topological polar surface area (TPSA) is 78.4 Å². The average molecular weight is 262 g/mol. The third-order valence-corrected chi connectivity index (χ3v) is 3.33. The molecule has 0 spiro atoms. The lowest BCUT2D eigenvalue weighted by Gasteiger charge is -2.16. The Bertz CT molecular complexity index is 487. The molecule has 0 bridgehead atoms. The molecule has 0 aliphatic carbocycles. The van der Waals surface area contributed by atoms with Crippen molar-refractivity contribution in [3.8, 4) is 0 Å². The zero-order chi connectivity index (χ0) is 13.8. The van der Waals surface area contributed by atoms with Crippen LogP contribution in [0.25, 0.3) is 0 Å². The van der Waals surface area contributed by atoms with Crippen LogP contribution < -0.4 is 10.6 Å². The average Bonchev–Trinajstić information content (AvgIpc) is 2.80. The number of hydrogen-bond donors (Lipinski definition) is 3. The molecule has 0 radical (unpaired) electrons. The number of fused-ring (bicyclic) bond motifs is 1. The summed E-state index contributed by atoms with van der Waals surface area (Å²) >= 11 is 0. The molecule has 0 saturated carbocycles. The summed E-state index contributed by atoms with van der Waals surface area (Å²) in [5.74, 6) is -1.08. The van der Waals surface area contributed by atoms with E-state index in [2.05, 4.69) is 10.6 Å². The third kappa shape index (κ3) is 3.24. The van der Waals surface area contributed by atoms with Crippen molar-refractivity contribution in [1.29, 1.82) is 0 Å². The van der Waals surface area contributed by atoms with E-state index in [-0.39, 0.29) is 24.3 Å². The molecule has 0 saturated heterocycles. The number of nitrogens with one attached hydrogen (secondary N) is 2. The summed E-state index contributed by atoms with van der Waals surface area (Å²) in [6, 6.07) is 7.62. The van der Waals surface area contributed by atoms with E-state index in [9.17, 15) is 9.59 Å². The molecule has 1 aliphatic heterocycles. The lowest BCUT2D eigenvalue weighted by atomic mass is 10.00. The van der Waals surface area contributed by atoms with Gasteiger partial charge in [-0.2, -0.15) is 0 Å². The number of carbonyl (C=O) groups excluding carboxylic acids is 1. The van der Waals surface area contributed by atoms with E-state index in [1.54, 1.807) is 0 Å². The molecule has 19 heavy (non-hydrogen) atoms. The maximum atomic E-state index is 12.2. The summed E-state index contributed by atoms with van der Waals surface area (Å²) < 4.78 is 0. The van der Waals surface area contributed by atoms with Crippen LogP contribution in [0.1, 0.15) is 31.2 Å². The van der Waals surface area contributed by atoms with Crippen LogP contribution in [-0.4, -0.2) is 29.6 Å². The SMILES string of the molecule is CC(CCC(=O)O)NC(=O)C1CNc2ccccc21. The number of carbonyl (C=O) groups is 2. The fourth-order valence-corrected chi connectivity index (χ4v) is 2.27. The van der Waals surface area contributed by atoms with Gasteiger partial charge in [-0.3, -0.25) is 9.59 Å². The van der Waals surface area contributed by atoms with Gasteiger partial charge in [-0.05, 0) is 25.0 Å². The predicted octanol–water partition coefficient (Wildman–Crippen LogP) is 1.57. The number of carboxylic acids is 1. The summed E-state index contributed by atoms with van der Waals surface area (Å²) in [6.07, 6.45) is 0.518. The minimum Gasteiger partial charge on any atom is -0.481 e. The normalized spacial score (nSPS) is 18.3. The van der Waals surface area contributed by atoms with E-state index >= 15 is 0 Å². The quantitative estimate of drug-likeness (QED) is 0.752. The van der Waals surface area contributed by atoms with Gasteiger partial charge < -0.3 is 15.7 Å². The van der Waals surface area contributed by atoms with Gasteiger partial charge in [0.05, 0.1) is 5.92 Å². The molecule has 0 aromatic heterocycles. The lowest BCUT2D eigenvalue weighted by molar-refractivity contribution is -0.137. The molecule has 1 aromatic carbocycles. The van der Waals surface area contributed by atoms with Gasteiger partial charge in [-0.25, -0.2) is 0 Å². The Morgan fingerprint density at radius 2 is 2.21 bits per heavy atom. The van der Waals surface area contributed by atoms with Crippen molar-refractivity contribution in [2.75, 3.05) is 11.9 Å². The van der Waals surface area contributed by atoms with Crippen molar-refractivity contribution in [2.45, 2.75) is 31.7 Å². The Labute approximate surface area is 112 Å². The van der Waals surface area contributed by atoms with E-state index in [4.69, 9.17) is 5.11 Å². The van der Waals surface area contributed by atoms with Crippen LogP contribution in [0.4, 0.5) is 5.69 Å². The number of anilines is 1. The van der Waals surface area contributed by atoms with Crippen molar-refractivity contribution >= 4 is 17.6 Å². The maximum absolute atomic E-state index is 12.2. The highest BCUT2D eigenvalue weighted by atomic mass is 16.4. The van der Waals surface area contributed by atoms with Crippen molar-refractivity contribution in [3.63, 3.8) is 0 Å². The Balaban J connectivity index is 1.93.